The minimum absolute atomic E-state index is 0.000755. The number of hydrogen-bond donors (Lipinski definition) is 1. The molecule has 0 amide bonds. The van der Waals surface area contributed by atoms with Crippen LogP contribution >= 0.6 is 0 Å². The van der Waals surface area contributed by atoms with Gasteiger partial charge < -0.3 is 5.11 Å². The molecule has 8 heteroatoms. The maximum Gasteiger partial charge on any atom is 0.317 e. The molecule has 2 rings (SSSR count). The summed E-state index contributed by atoms with van der Waals surface area (Å²) < 4.78 is 26.4. The van der Waals surface area contributed by atoms with Crippen LogP contribution in [0.2, 0.25) is 0 Å². The van der Waals surface area contributed by atoms with E-state index in [-0.39, 0.29) is 30.1 Å². The summed E-state index contributed by atoms with van der Waals surface area (Å²) >= 11 is 0. The summed E-state index contributed by atoms with van der Waals surface area (Å²) in [5, 5.41) is 17.7. The Labute approximate surface area is 123 Å². The van der Waals surface area contributed by atoms with Crippen LogP contribution in [0.1, 0.15) is 5.56 Å². The highest BCUT2D eigenvalue weighted by atomic mass is 32.2. The highest BCUT2D eigenvalue weighted by Crippen LogP contribution is 2.20. The molecule has 0 radical (unpaired) electrons. The fourth-order valence-corrected chi connectivity index (χ4v) is 3.81. The SMILES string of the molecule is N#Cc1ccccc1S(=O)(=O)N1CCN(CC(=O)O)CC1. The molecule has 0 saturated carbocycles. The second-order valence-corrected chi connectivity index (χ2v) is 6.59. The number of carboxylic acid groups (broad SMARTS) is 1. The highest BCUT2D eigenvalue weighted by Gasteiger charge is 2.30. The lowest BCUT2D eigenvalue weighted by molar-refractivity contribution is -0.138. The van der Waals surface area contributed by atoms with Gasteiger partial charge >= 0.3 is 5.97 Å². The highest BCUT2D eigenvalue weighted by molar-refractivity contribution is 7.89. The molecule has 1 aromatic carbocycles. The lowest BCUT2D eigenvalue weighted by atomic mass is 10.2. The number of piperazine rings is 1. The van der Waals surface area contributed by atoms with Gasteiger partial charge in [0.1, 0.15) is 6.07 Å². The number of hydrogen-bond acceptors (Lipinski definition) is 5. The Balaban J connectivity index is 2.16. The van der Waals surface area contributed by atoms with E-state index in [4.69, 9.17) is 10.4 Å². The first kappa shape index (κ1) is 15.4. The van der Waals surface area contributed by atoms with Gasteiger partial charge in [-0.2, -0.15) is 9.57 Å². The molecule has 0 unspecified atom stereocenters. The average Bonchev–Trinajstić information content (AvgIpc) is 2.47. The van der Waals surface area contributed by atoms with Crippen LogP contribution in [0.4, 0.5) is 0 Å². The zero-order chi connectivity index (χ0) is 15.5. The van der Waals surface area contributed by atoms with E-state index in [1.807, 2.05) is 6.07 Å². The molecule has 0 atom stereocenters. The summed E-state index contributed by atoms with van der Waals surface area (Å²) in [7, 11) is -3.72. The first-order chi connectivity index (χ1) is 9.95. The number of nitrogens with zero attached hydrogens (tertiary/aromatic N) is 3. The summed E-state index contributed by atoms with van der Waals surface area (Å²) in [5.74, 6) is -0.930. The second kappa shape index (κ2) is 6.22. The van der Waals surface area contributed by atoms with Gasteiger partial charge in [0.2, 0.25) is 10.0 Å². The Bertz CT molecular complexity index is 673. The molecule has 1 aliphatic heterocycles. The Hall–Kier alpha value is -1.95. The van der Waals surface area contributed by atoms with Gasteiger partial charge in [0, 0.05) is 26.2 Å². The summed E-state index contributed by atoms with van der Waals surface area (Å²) in [6.07, 6.45) is 0. The molecule has 1 aliphatic rings. The van der Waals surface area contributed by atoms with Crippen LogP contribution in [-0.4, -0.2) is 61.4 Å². The normalized spacial score (nSPS) is 17.3. The molecule has 1 N–H and O–H groups in total. The van der Waals surface area contributed by atoms with Crippen LogP contribution in [-0.2, 0) is 14.8 Å². The minimum atomic E-state index is -3.72. The van der Waals surface area contributed by atoms with Gasteiger partial charge in [-0.25, -0.2) is 8.42 Å². The average molecular weight is 309 g/mol. The number of carbonyl (C=O) groups is 1. The van der Waals surface area contributed by atoms with Crippen molar-refractivity contribution in [3.8, 4) is 6.07 Å². The molecule has 112 valence electrons. The Kier molecular flexibility index (Phi) is 4.57. The van der Waals surface area contributed by atoms with Crippen molar-refractivity contribution in [2.45, 2.75) is 4.90 Å². The predicted molar refractivity (Wildman–Crippen MR) is 74.0 cm³/mol. The van der Waals surface area contributed by atoms with E-state index in [0.717, 1.165) is 0 Å². The molecular weight excluding hydrogens is 294 g/mol. The maximum absolute atomic E-state index is 12.5. The Morgan fingerprint density at radius 3 is 2.43 bits per heavy atom. The van der Waals surface area contributed by atoms with Crippen molar-refractivity contribution in [3.05, 3.63) is 29.8 Å². The van der Waals surface area contributed by atoms with E-state index in [9.17, 15) is 13.2 Å². The largest absolute Gasteiger partial charge is 0.480 e. The van der Waals surface area contributed by atoms with E-state index < -0.39 is 16.0 Å². The predicted octanol–water partition coefficient (Wildman–Crippen LogP) is -0.0508. The number of sulfonamides is 1. The molecular formula is C13H15N3O4S. The number of rotatable bonds is 4. The summed E-state index contributed by atoms with van der Waals surface area (Å²) in [4.78, 5) is 12.3. The fraction of sp³-hybridized carbons (Fsp3) is 0.385. The lowest BCUT2D eigenvalue weighted by Gasteiger charge is -2.33. The van der Waals surface area contributed by atoms with Crippen molar-refractivity contribution < 1.29 is 18.3 Å². The smallest absolute Gasteiger partial charge is 0.317 e. The third kappa shape index (κ3) is 3.39. The van der Waals surface area contributed by atoms with Crippen LogP contribution in [0, 0.1) is 11.3 Å². The van der Waals surface area contributed by atoms with Crippen LogP contribution < -0.4 is 0 Å². The van der Waals surface area contributed by atoms with Gasteiger partial charge in [-0.15, -0.1) is 0 Å². The van der Waals surface area contributed by atoms with E-state index in [2.05, 4.69) is 0 Å². The standard InChI is InChI=1S/C13H15N3O4S/c14-9-11-3-1-2-4-12(11)21(19,20)16-7-5-15(6-8-16)10-13(17)18/h1-4H,5-8,10H2,(H,17,18). The van der Waals surface area contributed by atoms with Crippen LogP contribution in [0.15, 0.2) is 29.2 Å². The number of nitriles is 1. The molecule has 1 aromatic rings. The topological polar surface area (TPSA) is 102 Å². The van der Waals surface area contributed by atoms with E-state index in [1.165, 1.54) is 16.4 Å². The molecule has 0 bridgehead atoms. The van der Waals surface area contributed by atoms with Gasteiger partial charge in [0.25, 0.3) is 0 Å². The van der Waals surface area contributed by atoms with E-state index in [1.54, 1.807) is 17.0 Å². The quantitative estimate of drug-likeness (QED) is 0.836. The lowest BCUT2D eigenvalue weighted by Crippen LogP contribution is -2.49. The van der Waals surface area contributed by atoms with Crippen molar-refractivity contribution in [1.82, 2.24) is 9.21 Å². The summed E-state index contributed by atoms with van der Waals surface area (Å²) in [6, 6.07) is 7.95. The van der Waals surface area contributed by atoms with Crippen molar-refractivity contribution in [3.63, 3.8) is 0 Å². The fourth-order valence-electron chi connectivity index (χ4n) is 2.24. The van der Waals surface area contributed by atoms with Gasteiger partial charge in [0.05, 0.1) is 17.0 Å². The molecule has 0 aliphatic carbocycles. The minimum Gasteiger partial charge on any atom is -0.480 e. The molecule has 1 heterocycles. The van der Waals surface area contributed by atoms with E-state index >= 15 is 0 Å². The maximum atomic E-state index is 12.5. The van der Waals surface area contributed by atoms with Gasteiger partial charge in [-0.05, 0) is 12.1 Å². The van der Waals surface area contributed by atoms with Gasteiger partial charge in [-0.1, -0.05) is 12.1 Å². The first-order valence-electron chi connectivity index (χ1n) is 6.38. The van der Waals surface area contributed by atoms with Crippen LogP contribution in [0.5, 0.6) is 0 Å². The Morgan fingerprint density at radius 2 is 1.86 bits per heavy atom. The molecule has 0 aromatic heterocycles. The van der Waals surface area contributed by atoms with Crippen LogP contribution in [0.3, 0.4) is 0 Å². The number of aliphatic carboxylic acids is 1. The van der Waals surface area contributed by atoms with Crippen molar-refractivity contribution >= 4 is 16.0 Å². The zero-order valence-electron chi connectivity index (χ0n) is 11.3. The van der Waals surface area contributed by atoms with Crippen molar-refractivity contribution in [2.75, 3.05) is 32.7 Å². The third-order valence-corrected chi connectivity index (χ3v) is 5.27. The summed E-state index contributed by atoms with van der Waals surface area (Å²) in [6.45, 7) is 1.06. The number of benzene rings is 1. The zero-order valence-corrected chi connectivity index (χ0v) is 12.1. The second-order valence-electron chi connectivity index (χ2n) is 4.68. The summed E-state index contributed by atoms with van der Waals surface area (Å²) in [5.41, 5.74) is 0.116. The molecule has 1 saturated heterocycles. The van der Waals surface area contributed by atoms with Crippen molar-refractivity contribution in [1.29, 1.82) is 5.26 Å². The monoisotopic (exact) mass is 309 g/mol. The first-order valence-corrected chi connectivity index (χ1v) is 7.82. The molecule has 21 heavy (non-hydrogen) atoms. The van der Waals surface area contributed by atoms with Crippen molar-refractivity contribution in [2.24, 2.45) is 0 Å². The number of carboxylic acids is 1. The Morgan fingerprint density at radius 1 is 1.24 bits per heavy atom. The van der Waals surface area contributed by atoms with Crippen LogP contribution in [0.25, 0.3) is 0 Å². The van der Waals surface area contributed by atoms with Gasteiger partial charge in [0.15, 0.2) is 0 Å². The molecule has 7 nitrogen and oxygen atoms in total. The molecule has 0 spiro atoms. The van der Waals surface area contributed by atoms with Gasteiger partial charge in [-0.3, -0.25) is 9.69 Å². The van der Waals surface area contributed by atoms with E-state index in [0.29, 0.717) is 13.1 Å². The third-order valence-electron chi connectivity index (χ3n) is 3.32. The molecule has 1 fully saturated rings.